The second-order valence-corrected chi connectivity index (χ2v) is 50.2. The predicted molar refractivity (Wildman–Crippen MR) is 251 cm³/mol. The van der Waals surface area contributed by atoms with Gasteiger partial charge in [0.05, 0.1) is 0 Å². The average Bonchev–Trinajstić information content (AvgIpc) is 3.43. The van der Waals surface area contributed by atoms with Gasteiger partial charge < -0.3 is 0 Å². The third-order valence-corrected chi connectivity index (χ3v) is 31.8. The number of halogens is 2. The van der Waals surface area contributed by atoms with E-state index in [0.29, 0.717) is 7.25 Å². The van der Waals surface area contributed by atoms with Crippen LogP contribution in [0.3, 0.4) is 0 Å². The minimum Gasteiger partial charge on any atom is -0.147 e. The third kappa shape index (κ3) is 8.81. The fourth-order valence-corrected chi connectivity index (χ4v) is 32.0. The van der Waals surface area contributed by atoms with E-state index < -0.39 is 17.4 Å². The molecule has 0 N–H and O–H groups in total. The van der Waals surface area contributed by atoms with E-state index in [-0.39, 0.29) is 24.8 Å². The monoisotopic (exact) mass is 880 g/mol. The van der Waals surface area contributed by atoms with Crippen LogP contribution in [0.15, 0.2) is 83.9 Å². The zero-order valence-electron chi connectivity index (χ0n) is 35.3. The molecule has 4 aromatic carbocycles. The first-order valence-corrected chi connectivity index (χ1v) is 35.5. The van der Waals surface area contributed by atoms with Crippen molar-refractivity contribution in [3.8, 4) is 22.3 Å². The molecule has 56 heavy (non-hydrogen) atoms. The Bertz CT molecular complexity index is 1990. The second kappa shape index (κ2) is 17.7. The Morgan fingerprint density at radius 3 is 1.18 bits per heavy atom. The van der Waals surface area contributed by atoms with Gasteiger partial charge >= 0.3 is 333 Å². The molecule has 2 unspecified atom stereocenters. The first-order valence-electron chi connectivity index (χ1n) is 21.8. The van der Waals surface area contributed by atoms with Gasteiger partial charge in [-0.1, -0.05) is 0 Å². The number of hydrogen-bond donors (Lipinski definition) is 0. The molecule has 0 amide bonds. The predicted octanol–water partition coefficient (Wildman–Crippen LogP) is 15.7. The third-order valence-electron chi connectivity index (χ3n) is 14.3. The van der Waals surface area contributed by atoms with Crippen LogP contribution in [0.4, 0.5) is 0 Å². The summed E-state index contributed by atoms with van der Waals surface area (Å²) in [6.07, 6.45) is 25.1. The van der Waals surface area contributed by atoms with E-state index >= 15 is 0 Å². The maximum Gasteiger partial charge on any atom is -0.147 e. The van der Waals surface area contributed by atoms with E-state index in [4.69, 9.17) is 0 Å². The molecule has 298 valence electrons. The molecule has 0 radical (unpaired) electrons. The molecule has 2 atom stereocenters. The Morgan fingerprint density at radius 2 is 0.839 bits per heavy atom. The molecule has 0 aromatic heterocycles. The normalized spacial score (nSPS) is 20.5. The van der Waals surface area contributed by atoms with Crippen molar-refractivity contribution in [3.05, 3.63) is 128 Å². The van der Waals surface area contributed by atoms with E-state index in [1.54, 1.807) is 33.4 Å². The van der Waals surface area contributed by atoms with Gasteiger partial charge in [0.2, 0.25) is 0 Å². The quantitative estimate of drug-likeness (QED) is 0.122. The van der Waals surface area contributed by atoms with E-state index in [0.717, 1.165) is 11.8 Å². The van der Waals surface area contributed by atoms with Gasteiger partial charge in [-0.05, 0) is 0 Å². The van der Waals surface area contributed by atoms with E-state index in [9.17, 15) is 0 Å². The van der Waals surface area contributed by atoms with Gasteiger partial charge in [0.25, 0.3) is 0 Å². The summed E-state index contributed by atoms with van der Waals surface area (Å²) < 4.78 is 6.95. The van der Waals surface area contributed by atoms with Crippen LogP contribution in [0.5, 0.6) is 0 Å². The molecule has 0 saturated heterocycles. The molecular weight excluding hydrogens is 815 g/mol. The van der Waals surface area contributed by atoms with Crippen LogP contribution in [-0.4, -0.2) is 6.88 Å². The standard InChI is InChI=1S/2C25H29.2CH3.2ClH.H2Si.Zr/c2*1-18-12-19(2)14-23(13-18)24-11-7-10-22-16-21(17-25(22)24)15-20-8-5-3-4-6-9-20;;;;;;/h2*7,10-14,16-17,20H,3-6,8-9,15H2,1-2H3;2*1H3;2*1H;1H2;. The fraction of sp³-hybridized carbons (Fsp3) is 0.462. The van der Waals surface area contributed by atoms with E-state index in [1.807, 2.05) is 0 Å². The maximum atomic E-state index is 2.91. The summed E-state index contributed by atoms with van der Waals surface area (Å²) in [6.45, 7) is 11.6. The first kappa shape index (κ1) is 43.6. The number of aryl methyl sites for hydroxylation is 4. The van der Waals surface area contributed by atoms with E-state index in [2.05, 4.69) is 129 Å². The van der Waals surface area contributed by atoms with Crippen molar-refractivity contribution in [2.75, 3.05) is 0 Å². The Kier molecular flexibility index (Phi) is 13.8. The van der Waals surface area contributed by atoms with Gasteiger partial charge in [-0.3, -0.25) is 0 Å². The molecule has 4 aliphatic rings. The number of allylic oxidation sites excluding steroid dienone is 2. The number of rotatable bonds is 8. The zero-order valence-corrected chi connectivity index (χ0v) is 40.8. The SMILES string of the molecule is Cc1cc(C)cc(-c2cccc3c2C=C(CC2CCCCCC2)[CH]3[Zr]([CH3])([CH3])(=[SiH2])[CH]2C(CC3CCCCCC3)=Cc3c(-c4cc(C)cc(C)c4)cccc32)c1.Cl.Cl. The summed E-state index contributed by atoms with van der Waals surface area (Å²) in [5, 5.41) is 0. The minimum absolute atomic E-state index is 0. The van der Waals surface area contributed by atoms with Crippen LogP contribution in [-0.2, 0) is 17.4 Å². The first-order chi connectivity index (χ1) is 25.9. The minimum atomic E-state index is -3.86. The number of benzene rings is 4. The van der Waals surface area contributed by atoms with Crippen LogP contribution in [0.2, 0.25) is 9.26 Å². The smallest absolute Gasteiger partial charge is 0.147 e. The number of hydrogen-bond acceptors (Lipinski definition) is 0. The largest absolute Gasteiger partial charge is 0.147 e. The van der Waals surface area contributed by atoms with Gasteiger partial charge in [0.1, 0.15) is 0 Å². The van der Waals surface area contributed by atoms with Gasteiger partial charge in [0, 0.05) is 0 Å². The van der Waals surface area contributed by atoms with Gasteiger partial charge in [-0.2, -0.15) is 0 Å². The summed E-state index contributed by atoms with van der Waals surface area (Å²) in [5.41, 5.74) is 21.2. The van der Waals surface area contributed by atoms with Crippen LogP contribution < -0.4 is 0 Å². The molecule has 0 spiro atoms. The fourth-order valence-electron chi connectivity index (χ4n) is 12.3. The van der Waals surface area contributed by atoms with Crippen molar-refractivity contribution in [2.24, 2.45) is 11.8 Å². The maximum absolute atomic E-state index is 3.86. The van der Waals surface area contributed by atoms with Gasteiger partial charge in [-0.15, -0.1) is 24.8 Å². The van der Waals surface area contributed by atoms with Crippen molar-refractivity contribution < 1.29 is 17.4 Å². The molecule has 4 heteroatoms. The molecule has 8 rings (SSSR count). The number of fused-ring (bicyclic) bond motifs is 2. The molecule has 0 nitrogen and oxygen atoms in total. The van der Waals surface area contributed by atoms with Crippen LogP contribution in [0.25, 0.3) is 34.4 Å². The Hall–Kier alpha value is -1.96. The average molecular weight is 883 g/mol. The molecule has 2 saturated carbocycles. The second-order valence-electron chi connectivity index (χ2n) is 19.7. The topological polar surface area (TPSA) is 0 Å². The Labute approximate surface area is 355 Å². The summed E-state index contributed by atoms with van der Waals surface area (Å²) in [4.78, 5) is 0. The summed E-state index contributed by atoms with van der Waals surface area (Å²) in [6, 6.07) is 29.2. The van der Waals surface area contributed by atoms with Gasteiger partial charge in [-0.25, -0.2) is 0 Å². The summed E-state index contributed by atoms with van der Waals surface area (Å²) >= 11 is -3.86. The molecule has 0 aliphatic heterocycles. The van der Waals surface area contributed by atoms with Crippen molar-refractivity contribution >= 4 is 43.8 Å². The molecule has 0 heterocycles. The van der Waals surface area contributed by atoms with E-state index in [1.165, 1.54) is 134 Å². The molecule has 0 bridgehead atoms. The van der Waals surface area contributed by atoms with Crippen molar-refractivity contribution in [2.45, 2.75) is 134 Å². The van der Waals surface area contributed by atoms with Crippen LogP contribution >= 0.6 is 24.8 Å². The molecule has 4 aromatic rings. The van der Waals surface area contributed by atoms with Crippen molar-refractivity contribution in [1.29, 1.82) is 0 Å². The van der Waals surface area contributed by atoms with Crippen LogP contribution in [0, 0.1) is 39.5 Å². The molecule has 4 aliphatic carbocycles. The van der Waals surface area contributed by atoms with Crippen molar-refractivity contribution in [1.82, 2.24) is 0 Å². The molecular formula is C52H68Cl2SiZr. The Balaban J connectivity index is 0.00000266. The van der Waals surface area contributed by atoms with Gasteiger partial charge in [0.15, 0.2) is 0 Å². The Morgan fingerprint density at radius 1 is 0.500 bits per heavy atom. The molecule has 2 fully saturated rings. The zero-order chi connectivity index (χ0) is 37.6. The van der Waals surface area contributed by atoms with Crippen molar-refractivity contribution in [3.63, 3.8) is 0 Å². The van der Waals surface area contributed by atoms with Crippen LogP contribution in [0.1, 0.15) is 142 Å². The summed E-state index contributed by atoms with van der Waals surface area (Å²) in [5.74, 6) is 1.64. The summed E-state index contributed by atoms with van der Waals surface area (Å²) in [7, 11) is 0.